The Hall–Kier alpha value is -2.53. The van der Waals surface area contributed by atoms with Crippen LogP contribution >= 0.6 is 0 Å². The van der Waals surface area contributed by atoms with Gasteiger partial charge in [-0.1, -0.05) is 48.5 Å². The number of aliphatic hydroxyl groups excluding tert-OH is 1. The van der Waals surface area contributed by atoms with Gasteiger partial charge in [0.05, 0.1) is 13.2 Å². The minimum atomic E-state index is -0.318. The summed E-state index contributed by atoms with van der Waals surface area (Å²) >= 11 is 0. The lowest BCUT2D eigenvalue weighted by atomic mass is 9.98. The van der Waals surface area contributed by atoms with Gasteiger partial charge in [0.2, 0.25) is 0 Å². The Balaban J connectivity index is 2.24. The molecule has 1 unspecified atom stereocenters. The summed E-state index contributed by atoms with van der Waals surface area (Å²) in [4.78, 5) is 12.1. The van der Waals surface area contributed by atoms with Crippen LogP contribution in [-0.4, -0.2) is 31.4 Å². The molecule has 2 rings (SSSR count). The molecule has 2 amide bonds. The third kappa shape index (κ3) is 4.72. The van der Waals surface area contributed by atoms with E-state index in [1.807, 2.05) is 54.6 Å². The number of nitrogens with one attached hydrogen (secondary N) is 2. The largest absolute Gasteiger partial charge is 0.496 e. The fourth-order valence-corrected chi connectivity index (χ4v) is 2.35. The van der Waals surface area contributed by atoms with Crippen LogP contribution < -0.4 is 15.4 Å². The van der Waals surface area contributed by atoms with Gasteiger partial charge in [0.1, 0.15) is 5.75 Å². The summed E-state index contributed by atoms with van der Waals surface area (Å²) < 4.78 is 5.42. The highest BCUT2D eigenvalue weighted by Crippen LogP contribution is 2.29. The van der Waals surface area contributed by atoms with Gasteiger partial charge in [0, 0.05) is 18.7 Å². The normalized spacial score (nSPS) is 11.6. The van der Waals surface area contributed by atoms with Crippen molar-refractivity contribution in [2.75, 3.05) is 20.3 Å². The molecule has 3 N–H and O–H groups in total. The third-order valence-corrected chi connectivity index (χ3v) is 3.48. The van der Waals surface area contributed by atoms with Crippen molar-refractivity contribution in [3.05, 3.63) is 65.7 Å². The zero-order chi connectivity index (χ0) is 16.5. The average Bonchev–Trinajstić information content (AvgIpc) is 2.60. The van der Waals surface area contributed by atoms with Crippen LogP contribution in [0.1, 0.15) is 23.6 Å². The first-order valence-corrected chi connectivity index (χ1v) is 7.59. The minimum absolute atomic E-state index is 0.0505. The van der Waals surface area contributed by atoms with E-state index in [0.29, 0.717) is 13.0 Å². The van der Waals surface area contributed by atoms with E-state index in [2.05, 4.69) is 10.6 Å². The molecule has 0 aliphatic heterocycles. The fourth-order valence-electron chi connectivity index (χ4n) is 2.35. The van der Waals surface area contributed by atoms with E-state index >= 15 is 0 Å². The first-order chi connectivity index (χ1) is 11.3. The van der Waals surface area contributed by atoms with Gasteiger partial charge in [0.15, 0.2) is 0 Å². The molecule has 0 radical (unpaired) electrons. The summed E-state index contributed by atoms with van der Waals surface area (Å²) in [6.07, 6.45) is 0.526. The number of hydrogen-bond donors (Lipinski definition) is 3. The molecule has 1 atom stereocenters. The van der Waals surface area contributed by atoms with Gasteiger partial charge in [0.25, 0.3) is 0 Å². The maximum Gasteiger partial charge on any atom is 0.315 e. The zero-order valence-electron chi connectivity index (χ0n) is 13.2. The van der Waals surface area contributed by atoms with Gasteiger partial charge in [-0.05, 0) is 18.1 Å². The maximum absolute atomic E-state index is 12.1. The van der Waals surface area contributed by atoms with Gasteiger partial charge in [-0.15, -0.1) is 0 Å². The second-order valence-corrected chi connectivity index (χ2v) is 5.06. The molecule has 0 spiro atoms. The van der Waals surface area contributed by atoms with Gasteiger partial charge < -0.3 is 20.5 Å². The van der Waals surface area contributed by atoms with Crippen molar-refractivity contribution in [2.24, 2.45) is 0 Å². The van der Waals surface area contributed by atoms with Gasteiger partial charge >= 0.3 is 6.03 Å². The van der Waals surface area contributed by atoms with E-state index in [1.165, 1.54) is 0 Å². The number of hydrogen-bond acceptors (Lipinski definition) is 3. The lowest BCUT2D eigenvalue weighted by Gasteiger charge is -2.22. The molecule has 2 aromatic rings. The van der Waals surface area contributed by atoms with Gasteiger partial charge in [-0.2, -0.15) is 0 Å². The highest BCUT2D eigenvalue weighted by molar-refractivity contribution is 5.75. The number of methoxy groups -OCH3 is 1. The molecule has 5 nitrogen and oxygen atoms in total. The molecular weight excluding hydrogens is 292 g/mol. The number of para-hydroxylation sites is 1. The lowest BCUT2D eigenvalue weighted by Crippen LogP contribution is -2.39. The molecule has 122 valence electrons. The maximum atomic E-state index is 12.1. The monoisotopic (exact) mass is 314 g/mol. The highest BCUT2D eigenvalue weighted by atomic mass is 16.5. The van der Waals surface area contributed by atoms with Crippen molar-refractivity contribution in [1.29, 1.82) is 0 Å². The Morgan fingerprint density at radius 1 is 1.13 bits per heavy atom. The fraction of sp³-hybridized carbons (Fsp3) is 0.278. The van der Waals surface area contributed by atoms with Crippen LogP contribution in [0.25, 0.3) is 0 Å². The summed E-state index contributed by atoms with van der Waals surface area (Å²) in [6.45, 7) is 0.477. The second-order valence-electron chi connectivity index (χ2n) is 5.06. The van der Waals surface area contributed by atoms with Crippen LogP contribution in [0.5, 0.6) is 5.75 Å². The number of carbonyl (C=O) groups is 1. The number of amides is 2. The lowest BCUT2D eigenvalue weighted by molar-refractivity contribution is 0.236. The van der Waals surface area contributed by atoms with E-state index in [-0.39, 0.29) is 18.7 Å². The van der Waals surface area contributed by atoms with E-state index in [9.17, 15) is 4.79 Å². The standard InChI is InChI=1S/C18H22N2O3/c1-23-16-11-6-5-10-15(16)17(14-8-3-2-4-9-14)20-18(22)19-12-7-13-21/h2-6,8-11,17,21H,7,12-13H2,1H3,(H2,19,20,22). The molecule has 5 heteroatoms. The van der Waals surface area contributed by atoms with E-state index in [0.717, 1.165) is 16.9 Å². The van der Waals surface area contributed by atoms with Crippen molar-refractivity contribution in [1.82, 2.24) is 10.6 Å². The molecule has 0 fully saturated rings. The SMILES string of the molecule is COc1ccccc1C(NC(=O)NCCCO)c1ccccc1. The first kappa shape index (κ1) is 16.8. The van der Waals surface area contributed by atoms with Crippen LogP contribution in [-0.2, 0) is 0 Å². The zero-order valence-corrected chi connectivity index (χ0v) is 13.2. The second kappa shape index (κ2) is 8.80. The van der Waals surface area contributed by atoms with Crippen molar-refractivity contribution in [3.8, 4) is 5.75 Å². The number of ether oxygens (including phenoxy) is 1. The van der Waals surface area contributed by atoms with E-state index < -0.39 is 0 Å². The molecule has 0 saturated heterocycles. The number of aliphatic hydroxyl groups is 1. The average molecular weight is 314 g/mol. The molecule has 0 aromatic heterocycles. The van der Waals surface area contributed by atoms with Crippen molar-refractivity contribution >= 4 is 6.03 Å². The summed E-state index contributed by atoms with van der Waals surface area (Å²) in [5, 5.41) is 14.5. The van der Waals surface area contributed by atoms with Crippen molar-refractivity contribution in [3.63, 3.8) is 0 Å². The molecular formula is C18H22N2O3. The van der Waals surface area contributed by atoms with Crippen molar-refractivity contribution in [2.45, 2.75) is 12.5 Å². The number of rotatable bonds is 7. The minimum Gasteiger partial charge on any atom is -0.496 e. The predicted octanol–water partition coefficient (Wildman–Crippen LogP) is 2.47. The Labute approximate surface area is 136 Å². The quantitative estimate of drug-likeness (QED) is 0.688. The molecule has 0 saturated carbocycles. The number of benzene rings is 2. The Kier molecular flexibility index (Phi) is 6.44. The van der Waals surface area contributed by atoms with Crippen LogP contribution in [0.3, 0.4) is 0 Å². The summed E-state index contributed by atoms with van der Waals surface area (Å²) in [5.41, 5.74) is 1.85. The van der Waals surface area contributed by atoms with Crippen LogP contribution in [0.4, 0.5) is 4.79 Å². The Morgan fingerprint density at radius 2 is 1.83 bits per heavy atom. The Morgan fingerprint density at radius 3 is 2.52 bits per heavy atom. The Bertz CT molecular complexity index is 617. The van der Waals surface area contributed by atoms with Gasteiger partial charge in [-0.3, -0.25) is 0 Å². The topological polar surface area (TPSA) is 70.6 Å². The third-order valence-electron chi connectivity index (χ3n) is 3.48. The smallest absolute Gasteiger partial charge is 0.315 e. The predicted molar refractivity (Wildman–Crippen MR) is 89.5 cm³/mol. The molecule has 0 bridgehead atoms. The summed E-state index contributed by atoms with van der Waals surface area (Å²) in [7, 11) is 1.61. The van der Waals surface area contributed by atoms with Gasteiger partial charge in [-0.25, -0.2) is 4.79 Å². The molecule has 0 aliphatic carbocycles. The molecule has 0 heterocycles. The number of carbonyl (C=O) groups excluding carboxylic acids is 1. The van der Waals surface area contributed by atoms with Crippen molar-refractivity contribution < 1.29 is 14.6 Å². The van der Waals surface area contributed by atoms with Crippen LogP contribution in [0.15, 0.2) is 54.6 Å². The summed E-state index contributed by atoms with van der Waals surface area (Å²) in [5.74, 6) is 0.719. The highest BCUT2D eigenvalue weighted by Gasteiger charge is 2.19. The molecule has 2 aromatic carbocycles. The van der Waals surface area contributed by atoms with Crippen LogP contribution in [0.2, 0.25) is 0 Å². The van der Waals surface area contributed by atoms with E-state index in [4.69, 9.17) is 9.84 Å². The molecule has 23 heavy (non-hydrogen) atoms. The number of urea groups is 1. The van der Waals surface area contributed by atoms with E-state index in [1.54, 1.807) is 7.11 Å². The summed E-state index contributed by atoms with van der Waals surface area (Å²) in [6, 6.07) is 16.7. The van der Waals surface area contributed by atoms with Crippen LogP contribution in [0, 0.1) is 0 Å². The molecule has 0 aliphatic rings. The first-order valence-electron chi connectivity index (χ1n) is 7.59.